The van der Waals surface area contributed by atoms with Crippen molar-refractivity contribution in [3.63, 3.8) is 0 Å². The second-order valence-electron chi connectivity index (χ2n) is 11.2. The predicted molar refractivity (Wildman–Crippen MR) is 151 cm³/mol. The maximum absolute atomic E-state index is 13.8. The molecular weight excluding hydrogens is 545 g/mol. The maximum Gasteiger partial charge on any atom is 0.318 e. The predicted octanol–water partition coefficient (Wildman–Crippen LogP) is 4.23. The van der Waals surface area contributed by atoms with Crippen LogP contribution < -0.4 is 9.64 Å². The van der Waals surface area contributed by atoms with E-state index in [1.54, 1.807) is 6.33 Å². The van der Waals surface area contributed by atoms with Crippen LogP contribution in [0.4, 0.5) is 10.2 Å². The number of imidazole rings is 1. The molecule has 3 aromatic rings. The van der Waals surface area contributed by atoms with Crippen LogP contribution in [-0.2, 0) is 43.1 Å². The fraction of sp³-hybridized carbons (Fsp3) is 0.433. The molecule has 11 heteroatoms. The first-order chi connectivity index (χ1) is 19.8. The monoisotopic (exact) mass is 575 g/mol. The number of rotatable bonds is 6. The lowest BCUT2D eigenvalue weighted by molar-refractivity contribution is -0.131. The highest BCUT2D eigenvalue weighted by Crippen LogP contribution is 2.50. The molecule has 9 nitrogen and oxygen atoms in total. The number of benzene rings is 1. The van der Waals surface area contributed by atoms with Gasteiger partial charge < -0.3 is 19.1 Å². The first kappa shape index (κ1) is 27.2. The lowest BCUT2D eigenvalue weighted by Gasteiger charge is -2.42. The number of anilines is 1. The number of carbonyl (C=O) groups is 1. The van der Waals surface area contributed by atoms with Crippen molar-refractivity contribution in [1.82, 2.24) is 24.4 Å². The molecule has 1 saturated heterocycles. The minimum absolute atomic E-state index is 0.0486. The average molecular weight is 576 g/mol. The normalized spacial score (nSPS) is 21.4. The van der Waals surface area contributed by atoms with Crippen molar-refractivity contribution in [2.75, 3.05) is 24.5 Å². The molecule has 41 heavy (non-hydrogen) atoms. The summed E-state index contributed by atoms with van der Waals surface area (Å²) >= 11 is 6.58. The smallest absolute Gasteiger partial charge is 0.318 e. The van der Waals surface area contributed by atoms with E-state index in [-0.39, 0.29) is 31.0 Å². The molecular formula is C30H31ClFN7O2. The van der Waals surface area contributed by atoms with Gasteiger partial charge in [0.1, 0.15) is 12.4 Å². The number of ether oxygens (including phenoxy) is 1. The van der Waals surface area contributed by atoms with E-state index >= 15 is 0 Å². The number of aromatic nitrogens is 4. The van der Waals surface area contributed by atoms with E-state index in [1.165, 1.54) is 16.0 Å². The van der Waals surface area contributed by atoms with Gasteiger partial charge >= 0.3 is 6.01 Å². The Labute approximate surface area is 243 Å². The van der Waals surface area contributed by atoms with E-state index in [0.29, 0.717) is 13.1 Å². The summed E-state index contributed by atoms with van der Waals surface area (Å²) in [7, 11) is 1.90. The molecule has 2 aliphatic carbocycles. The van der Waals surface area contributed by atoms with Gasteiger partial charge in [-0.2, -0.15) is 15.2 Å². The van der Waals surface area contributed by atoms with Crippen LogP contribution in [0.5, 0.6) is 6.01 Å². The van der Waals surface area contributed by atoms with Crippen molar-refractivity contribution < 1.29 is 13.9 Å². The topological polar surface area (TPSA) is 100 Å². The number of amides is 1. The molecule has 3 aliphatic rings. The van der Waals surface area contributed by atoms with Gasteiger partial charge in [-0.15, -0.1) is 0 Å². The van der Waals surface area contributed by atoms with Crippen LogP contribution in [0.25, 0.3) is 0 Å². The van der Waals surface area contributed by atoms with E-state index in [1.807, 2.05) is 29.9 Å². The third kappa shape index (κ3) is 5.04. The first-order valence-electron chi connectivity index (χ1n) is 13.8. The van der Waals surface area contributed by atoms with Crippen LogP contribution in [0.1, 0.15) is 47.3 Å². The van der Waals surface area contributed by atoms with Crippen molar-refractivity contribution in [3.8, 4) is 12.1 Å². The lowest BCUT2D eigenvalue weighted by atomic mass is 9.69. The highest BCUT2D eigenvalue weighted by Gasteiger charge is 2.44. The van der Waals surface area contributed by atoms with Gasteiger partial charge in [0.05, 0.1) is 36.2 Å². The molecule has 1 aliphatic heterocycles. The van der Waals surface area contributed by atoms with E-state index in [9.17, 15) is 14.4 Å². The van der Waals surface area contributed by atoms with Crippen LogP contribution >= 0.6 is 11.6 Å². The number of aryl methyl sites for hydroxylation is 1. The van der Waals surface area contributed by atoms with Gasteiger partial charge in [-0.05, 0) is 49.3 Å². The molecule has 0 radical (unpaired) electrons. The molecule has 1 aromatic carbocycles. The standard InChI is InChI=1S/C30H31ClFN7O2/c1-19(32)28(40)39-13-12-38(16-21(39)8-11-33)27-23-7-10-30(9-6-22-24(30)4-3-5-25(22)31)14-26(23)35-29(36-27)41-17-20-15-37(2)18-34-20/h3-5,15,18,21H,1,6-10,12-14,16-17H2,2H3/t21-,30-/m0/s1. The first-order valence-corrected chi connectivity index (χ1v) is 14.2. The summed E-state index contributed by atoms with van der Waals surface area (Å²) in [4.78, 5) is 30.1. The van der Waals surface area contributed by atoms with Gasteiger partial charge in [-0.3, -0.25) is 4.79 Å². The molecule has 1 fully saturated rings. The fourth-order valence-corrected chi connectivity index (χ4v) is 6.95. The number of nitrogens with zero attached hydrogens (tertiary/aromatic N) is 7. The number of fused-ring (bicyclic) bond motifs is 3. The Morgan fingerprint density at radius 3 is 2.80 bits per heavy atom. The number of piperazine rings is 1. The number of halogens is 2. The lowest BCUT2D eigenvalue weighted by Crippen LogP contribution is -2.55. The fourth-order valence-electron chi connectivity index (χ4n) is 6.68. The van der Waals surface area contributed by atoms with E-state index in [2.05, 4.69) is 28.6 Å². The Balaban J connectivity index is 1.35. The molecule has 6 rings (SSSR count). The Morgan fingerprint density at radius 2 is 2.07 bits per heavy atom. The zero-order valence-corrected chi connectivity index (χ0v) is 23.7. The van der Waals surface area contributed by atoms with Crippen LogP contribution in [-0.4, -0.2) is 56.0 Å². The highest BCUT2D eigenvalue weighted by molar-refractivity contribution is 6.31. The Hall–Kier alpha value is -3.97. The molecule has 3 heterocycles. The summed E-state index contributed by atoms with van der Waals surface area (Å²) in [5, 5.41) is 10.3. The maximum atomic E-state index is 13.8. The SMILES string of the molecule is C=C(F)C(=O)N1CCN(c2nc(OCc3cn(C)cn3)nc3c2CC[C@@]2(CCc4c(Cl)cccc42)C3)C[C@@H]1CC#N. The summed E-state index contributed by atoms with van der Waals surface area (Å²) in [5.74, 6) is -1.04. The number of hydrogen-bond donors (Lipinski definition) is 0. The van der Waals surface area contributed by atoms with Gasteiger partial charge in [0.15, 0.2) is 5.83 Å². The van der Waals surface area contributed by atoms with E-state index in [4.69, 9.17) is 26.3 Å². The molecule has 0 bridgehead atoms. The van der Waals surface area contributed by atoms with Gasteiger partial charge in [-0.1, -0.05) is 30.3 Å². The molecule has 0 unspecified atom stereocenters. The number of nitriles is 1. The van der Waals surface area contributed by atoms with Crippen LogP contribution in [0, 0.1) is 11.3 Å². The third-order valence-corrected chi connectivity index (χ3v) is 9.02. The summed E-state index contributed by atoms with van der Waals surface area (Å²) in [6.45, 7) is 4.43. The highest BCUT2D eigenvalue weighted by atomic mass is 35.5. The largest absolute Gasteiger partial charge is 0.457 e. The number of carbonyl (C=O) groups excluding carboxylic acids is 1. The Morgan fingerprint density at radius 1 is 1.27 bits per heavy atom. The molecule has 2 aromatic heterocycles. The van der Waals surface area contributed by atoms with Crippen LogP contribution in [0.2, 0.25) is 5.02 Å². The van der Waals surface area contributed by atoms with Crippen molar-refractivity contribution in [1.29, 1.82) is 5.26 Å². The molecule has 1 spiro atoms. The molecule has 0 N–H and O–H groups in total. The van der Waals surface area contributed by atoms with E-state index < -0.39 is 17.8 Å². The molecule has 2 atom stereocenters. The zero-order chi connectivity index (χ0) is 28.7. The van der Waals surface area contributed by atoms with Gasteiger partial charge in [0, 0.05) is 48.9 Å². The minimum Gasteiger partial charge on any atom is -0.457 e. The van der Waals surface area contributed by atoms with Crippen LogP contribution in [0.3, 0.4) is 0 Å². The van der Waals surface area contributed by atoms with Crippen LogP contribution in [0.15, 0.2) is 43.1 Å². The summed E-state index contributed by atoms with van der Waals surface area (Å²) in [5.41, 5.74) is 5.25. The van der Waals surface area contributed by atoms with Crippen molar-refractivity contribution in [2.24, 2.45) is 7.05 Å². The quantitative estimate of drug-likeness (QED) is 0.406. The summed E-state index contributed by atoms with van der Waals surface area (Å²) < 4.78 is 21.7. The molecule has 212 valence electrons. The third-order valence-electron chi connectivity index (χ3n) is 8.66. The summed E-state index contributed by atoms with van der Waals surface area (Å²) in [6.07, 6.45) is 8.09. The van der Waals surface area contributed by atoms with Crippen molar-refractivity contribution in [2.45, 2.75) is 56.6 Å². The van der Waals surface area contributed by atoms with Crippen molar-refractivity contribution in [3.05, 3.63) is 76.2 Å². The molecule has 0 saturated carbocycles. The number of hydrogen-bond acceptors (Lipinski definition) is 7. The zero-order valence-electron chi connectivity index (χ0n) is 22.9. The van der Waals surface area contributed by atoms with Gasteiger partial charge in [-0.25, -0.2) is 9.37 Å². The molecule has 1 amide bonds. The average Bonchev–Trinajstić information content (AvgIpc) is 3.55. The summed E-state index contributed by atoms with van der Waals surface area (Å²) in [6, 6.07) is 8.10. The van der Waals surface area contributed by atoms with E-state index in [0.717, 1.165) is 59.9 Å². The second-order valence-corrected chi connectivity index (χ2v) is 11.6. The minimum atomic E-state index is -1.02. The van der Waals surface area contributed by atoms with Crippen molar-refractivity contribution >= 4 is 23.3 Å². The Bertz CT molecular complexity index is 1570. The van der Waals surface area contributed by atoms with Gasteiger partial charge in [0.25, 0.3) is 5.91 Å². The second kappa shape index (κ2) is 10.8. The van der Waals surface area contributed by atoms with Gasteiger partial charge in [0.2, 0.25) is 0 Å². The Kier molecular flexibility index (Phi) is 7.16.